The average Bonchev–Trinajstić information content (AvgIpc) is 2.75. The van der Waals surface area contributed by atoms with Crippen LogP contribution in [0.25, 0.3) is 0 Å². The SMILES string of the molecule is COc1ccc(NC(=O)c2ccc(NC(=O)[C@H](C)Sc3ccccc3)cc2)cc1. The molecule has 0 aliphatic carbocycles. The van der Waals surface area contributed by atoms with Crippen LogP contribution in [0.3, 0.4) is 0 Å². The number of amides is 2. The Balaban J connectivity index is 1.56. The molecule has 2 N–H and O–H groups in total. The molecule has 0 saturated carbocycles. The number of carbonyl (C=O) groups is 2. The fourth-order valence-corrected chi connectivity index (χ4v) is 3.47. The Morgan fingerprint density at radius 2 is 1.41 bits per heavy atom. The van der Waals surface area contributed by atoms with Gasteiger partial charge in [0.05, 0.1) is 12.4 Å². The van der Waals surface area contributed by atoms with Gasteiger partial charge in [-0.2, -0.15) is 0 Å². The first kappa shape index (κ1) is 20.5. The van der Waals surface area contributed by atoms with E-state index in [0.29, 0.717) is 16.9 Å². The van der Waals surface area contributed by atoms with Crippen molar-refractivity contribution in [2.24, 2.45) is 0 Å². The van der Waals surface area contributed by atoms with Crippen LogP contribution in [0.15, 0.2) is 83.8 Å². The van der Waals surface area contributed by atoms with Gasteiger partial charge in [-0.1, -0.05) is 18.2 Å². The molecule has 0 heterocycles. The second kappa shape index (κ2) is 9.80. The van der Waals surface area contributed by atoms with Crippen LogP contribution in [-0.4, -0.2) is 24.2 Å². The fourth-order valence-electron chi connectivity index (χ4n) is 2.58. The van der Waals surface area contributed by atoms with E-state index in [9.17, 15) is 9.59 Å². The number of carbonyl (C=O) groups excluding carboxylic acids is 2. The standard InChI is InChI=1S/C23H22N2O3S/c1-16(29-21-6-4-3-5-7-21)22(26)24-18-10-8-17(9-11-18)23(27)25-19-12-14-20(28-2)15-13-19/h3-16H,1-2H3,(H,24,26)(H,25,27)/t16-/m0/s1. The predicted octanol–water partition coefficient (Wildman–Crippen LogP) is 5.07. The molecule has 0 saturated heterocycles. The third-order valence-electron chi connectivity index (χ3n) is 4.19. The zero-order chi connectivity index (χ0) is 20.6. The molecule has 0 unspecified atom stereocenters. The van der Waals surface area contributed by atoms with Crippen LogP contribution >= 0.6 is 11.8 Å². The van der Waals surface area contributed by atoms with E-state index in [1.165, 1.54) is 11.8 Å². The Morgan fingerprint density at radius 1 is 0.828 bits per heavy atom. The van der Waals surface area contributed by atoms with E-state index in [-0.39, 0.29) is 17.1 Å². The van der Waals surface area contributed by atoms with Gasteiger partial charge in [0.15, 0.2) is 0 Å². The lowest BCUT2D eigenvalue weighted by molar-refractivity contribution is -0.115. The van der Waals surface area contributed by atoms with Crippen LogP contribution in [0.4, 0.5) is 11.4 Å². The van der Waals surface area contributed by atoms with Crippen molar-refractivity contribution in [3.8, 4) is 5.75 Å². The summed E-state index contributed by atoms with van der Waals surface area (Å²) in [6.45, 7) is 1.86. The number of methoxy groups -OCH3 is 1. The summed E-state index contributed by atoms with van der Waals surface area (Å²) in [6.07, 6.45) is 0. The molecule has 0 aliphatic heterocycles. The van der Waals surface area contributed by atoms with E-state index in [1.54, 1.807) is 55.6 Å². The Bertz CT molecular complexity index is 958. The first-order valence-corrected chi connectivity index (χ1v) is 10.0. The number of nitrogens with one attached hydrogen (secondary N) is 2. The van der Waals surface area contributed by atoms with Crippen molar-refractivity contribution < 1.29 is 14.3 Å². The number of anilines is 2. The molecule has 0 aromatic heterocycles. The van der Waals surface area contributed by atoms with Gasteiger partial charge in [0, 0.05) is 21.8 Å². The number of hydrogen-bond acceptors (Lipinski definition) is 4. The fraction of sp³-hybridized carbons (Fsp3) is 0.130. The molecule has 2 amide bonds. The number of hydrogen-bond donors (Lipinski definition) is 2. The molecule has 0 fully saturated rings. The van der Waals surface area contributed by atoms with Crippen LogP contribution < -0.4 is 15.4 Å². The van der Waals surface area contributed by atoms with Gasteiger partial charge in [-0.15, -0.1) is 11.8 Å². The zero-order valence-corrected chi connectivity index (χ0v) is 17.0. The molecule has 0 aliphatic rings. The summed E-state index contributed by atoms with van der Waals surface area (Å²) in [5.74, 6) is 0.415. The van der Waals surface area contributed by atoms with E-state index in [2.05, 4.69) is 10.6 Å². The van der Waals surface area contributed by atoms with Crippen LogP contribution in [0.2, 0.25) is 0 Å². The normalized spacial score (nSPS) is 11.4. The Labute approximate surface area is 174 Å². The number of ether oxygens (including phenoxy) is 1. The number of thioether (sulfide) groups is 1. The minimum Gasteiger partial charge on any atom is -0.497 e. The maximum absolute atomic E-state index is 12.4. The predicted molar refractivity (Wildman–Crippen MR) is 118 cm³/mol. The largest absolute Gasteiger partial charge is 0.497 e. The number of benzene rings is 3. The van der Waals surface area contributed by atoms with Crippen LogP contribution in [0.1, 0.15) is 17.3 Å². The van der Waals surface area contributed by atoms with Gasteiger partial charge in [-0.25, -0.2) is 0 Å². The first-order valence-electron chi connectivity index (χ1n) is 9.13. The van der Waals surface area contributed by atoms with E-state index >= 15 is 0 Å². The van der Waals surface area contributed by atoms with Crippen molar-refractivity contribution in [1.29, 1.82) is 0 Å². The van der Waals surface area contributed by atoms with E-state index < -0.39 is 0 Å². The molecule has 3 rings (SSSR count). The Morgan fingerprint density at radius 3 is 2.03 bits per heavy atom. The summed E-state index contributed by atoms with van der Waals surface area (Å²) < 4.78 is 5.10. The van der Waals surface area contributed by atoms with Gasteiger partial charge in [-0.3, -0.25) is 9.59 Å². The summed E-state index contributed by atoms with van der Waals surface area (Å²) in [6, 6.07) is 23.7. The molecule has 0 bridgehead atoms. The lowest BCUT2D eigenvalue weighted by Gasteiger charge is -2.12. The minimum atomic E-state index is -0.240. The third kappa shape index (κ3) is 5.86. The molecule has 6 heteroatoms. The summed E-state index contributed by atoms with van der Waals surface area (Å²) in [4.78, 5) is 25.8. The maximum atomic E-state index is 12.4. The summed E-state index contributed by atoms with van der Waals surface area (Å²) in [7, 11) is 1.59. The smallest absolute Gasteiger partial charge is 0.255 e. The molecule has 1 atom stereocenters. The third-order valence-corrected chi connectivity index (χ3v) is 5.30. The highest BCUT2D eigenvalue weighted by molar-refractivity contribution is 8.00. The summed E-state index contributed by atoms with van der Waals surface area (Å²) >= 11 is 1.50. The molecular weight excluding hydrogens is 384 g/mol. The lowest BCUT2D eigenvalue weighted by Crippen LogP contribution is -2.22. The highest BCUT2D eigenvalue weighted by Crippen LogP contribution is 2.24. The van der Waals surface area contributed by atoms with Crippen LogP contribution in [0, 0.1) is 0 Å². The topological polar surface area (TPSA) is 67.4 Å². The molecule has 5 nitrogen and oxygen atoms in total. The van der Waals surface area contributed by atoms with E-state index in [0.717, 1.165) is 10.6 Å². The van der Waals surface area contributed by atoms with Crippen molar-refractivity contribution in [2.45, 2.75) is 17.1 Å². The second-order valence-corrected chi connectivity index (χ2v) is 7.74. The van der Waals surface area contributed by atoms with Crippen molar-refractivity contribution in [1.82, 2.24) is 0 Å². The van der Waals surface area contributed by atoms with Gasteiger partial charge < -0.3 is 15.4 Å². The van der Waals surface area contributed by atoms with Crippen molar-refractivity contribution in [3.05, 3.63) is 84.4 Å². The molecule has 148 valence electrons. The van der Waals surface area contributed by atoms with Crippen LogP contribution in [0.5, 0.6) is 5.75 Å². The van der Waals surface area contributed by atoms with Gasteiger partial charge in [0.1, 0.15) is 5.75 Å². The molecular formula is C23H22N2O3S. The average molecular weight is 407 g/mol. The van der Waals surface area contributed by atoms with Gasteiger partial charge in [-0.05, 0) is 67.6 Å². The molecule has 3 aromatic carbocycles. The molecule has 0 spiro atoms. The molecule has 29 heavy (non-hydrogen) atoms. The van der Waals surface area contributed by atoms with Crippen molar-refractivity contribution >= 4 is 35.0 Å². The molecule has 0 radical (unpaired) electrons. The number of rotatable bonds is 7. The van der Waals surface area contributed by atoms with Crippen molar-refractivity contribution in [3.63, 3.8) is 0 Å². The van der Waals surface area contributed by atoms with Gasteiger partial charge in [0.2, 0.25) is 5.91 Å². The maximum Gasteiger partial charge on any atom is 0.255 e. The zero-order valence-electron chi connectivity index (χ0n) is 16.2. The minimum absolute atomic E-state index is 0.0886. The van der Waals surface area contributed by atoms with Gasteiger partial charge >= 0.3 is 0 Å². The monoisotopic (exact) mass is 406 g/mol. The van der Waals surface area contributed by atoms with Crippen LogP contribution in [-0.2, 0) is 4.79 Å². The van der Waals surface area contributed by atoms with Gasteiger partial charge in [0.25, 0.3) is 5.91 Å². The Hall–Kier alpha value is -3.25. The van der Waals surface area contributed by atoms with E-state index in [1.807, 2.05) is 37.3 Å². The quantitative estimate of drug-likeness (QED) is 0.538. The highest BCUT2D eigenvalue weighted by atomic mass is 32.2. The van der Waals surface area contributed by atoms with Crippen molar-refractivity contribution in [2.75, 3.05) is 17.7 Å². The molecule has 3 aromatic rings. The highest BCUT2D eigenvalue weighted by Gasteiger charge is 2.15. The first-order chi connectivity index (χ1) is 14.0. The summed E-state index contributed by atoms with van der Waals surface area (Å²) in [5.41, 5.74) is 1.84. The second-order valence-electron chi connectivity index (χ2n) is 6.32. The summed E-state index contributed by atoms with van der Waals surface area (Å²) in [5, 5.41) is 5.47. The van der Waals surface area contributed by atoms with E-state index in [4.69, 9.17) is 4.74 Å². The Kier molecular flexibility index (Phi) is 6.92. The lowest BCUT2D eigenvalue weighted by atomic mass is 10.2.